The molecule has 3 aliphatic heterocycles. The quantitative estimate of drug-likeness (QED) is 0.448. The number of fused-ring (bicyclic) bond motifs is 3. The number of quaternary nitrogens is 3. The zero-order valence-electron chi connectivity index (χ0n) is 13.2. The van der Waals surface area contributed by atoms with Crippen LogP contribution in [0.5, 0.6) is 0 Å². The number of carboxylic acid groups (broad SMARTS) is 1. The molecule has 1 atom stereocenters. The van der Waals surface area contributed by atoms with Gasteiger partial charge in [0.1, 0.15) is 32.1 Å². The van der Waals surface area contributed by atoms with Crippen LogP contribution in [-0.4, -0.2) is 56.0 Å². The molecule has 0 aliphatic carbocycles. The predicted octanol–water partition coefficient (Wildman–Crippen LogP) is -2.42. The smallest absolute Gasteiger partial charge is 0.346 e. The van der Waals surface area contributed by atoms with Gasteiger partial charge in [-0.15, -0.1) is 0 Å². The molecule has 0 amide bonds. The Morgan fingerprint density at radius 2 is 1.92 bits per heavy atom. The molecule has 6 nitrogen and oxygen atoms in total. The summed E-state index contributed by atoms with van der Waals surface area (Å²) in [4.78, 5) is 27.3. The number of ketones is 1. The van der Waals surface area contributed by atoms with Crippen LogP contribution in [0.2, 0.25) is 0 Å². The fraction of sp³-hybridized carbons (Fsp3) is 0.375. The van der Waals surface area contributed by atoms with Crippen molar-refractivity contribution in [3.63, 3.8) is 0 Å². The summed E-state index contributed by atoms with van der Waals surface area (Å²) in [7, 11) is 2.13. The normalized spacial score (nSPS) is 28.9. The van der Waals surface area contributed by atoms with Gasteiger partial charge in [-0.2, -0.15) is 0 Å². The van der Waals surface area contributed by atoms with Crippen LogP contribution in [0.4, 0.5) is 15.8 Å². The lowest BCUT2D eigenvalue weighted by molar-refractivity contribution is -0.975. The summed E-state index contributed by atoms with van der Waals surface area (Å²) in [5.41, 5.74) is 1.29. The SMILES string of the molecule is C[NH+]1CC[NH+](c2cc3c(cc2F)C(=O)C(C(=O)O)=C2SC[NH+]23)CC1. The summed E-state index contributed by atoms with van der Waals surface area (Å²) in [5.74, 6) is -1.56. The number of carbonyl (C=O) groups excluding carboxylic acids is 1. The van der Waals surface area contributed by atoms with Gasteiger partial charge in [0.25, 0.3) is 0 Å². The lowest BCUT2D eigenvalue weighted by Gasteiger charge is -2.34. The van der Waals surface area contributed by atoms with Gasteiger partial charge in [-0.1, -0.05) is 0 Å². The maximum absolute atomic E-state index is 14.6. The molecule has 1 aromatic carbocycles. The lowest BCUT2D eigenvalue weighted by atomic mass is 9.97. The van der Waals surface area contributed by atoms with Gasteiger partial charge in [-0.05, 0) is 17.8 Å². The van der Waals surface area contributed by atoms with Crippen LogP contribution in [0.25, 0.3) is 0 Å². The Balaban J connectivity index is 1.76. The largest absolute Gasteiger partial charge is 0.477 e. The second kappa shape index (κ2) is 5.66. The van der Waals surface area contributed by atoms with Crippen molar-refractivity contribution in [2.24, 2.45) is 0 Å². The molecule has 4 N–H and O–H groups in total. The molecule has 4 rings (SSSR count). The number of nitrogens with one attached hydrogen (secondary N) is 3. The van der Waals surface area contributed by atoms with Crippen molar-refractivity contribution in [3.05, 3.63) is 34.1 Å². The van der Waals surface area contributed by atoms with Gasteiger partial charge < -0.3 is 10.0 Å². The van der Waals surface area contributed by atoms with E-state index >= 15 is 0 Å². The Morgan fingerprint density at radius 3 is 2.50 bits per heavy atom. The topological polar surface area (TPSA) is 67.7 Å². The number of carbonyl (C=O) groups is 2. The molecular weight excluding hydrogens is 333 g/mol. The van der Waals surface area contributed by atoms with E-state index in [0.717, 1.165) is 36.0 Å². The Hall–Kier alpha value is -1.74. The van der Waals surface area contributed by atoms with E-state index in [9.17, 15) is 19.1 Å². The molecule has 0 radical (unpaired) electrons. The summed E-state index contributed by atoms with van der Waals surface area (Å²) >= 11 is 1.38. The van der Waals surface area contributed by atoms with Crippen LogP contribution in [0.15, 0.2) is 22.7 Å². The van der Waals surface area contributed by atoms with Gasteiger partial charge in [0, 0.05) is 0 Å². The number of Topliss-reactive ketones (excluding diaryl/α,β-unsaturated/α-hetero) is 1. The van der Waals surface area contributed by atoms with Crippen molar-refractivity contribution in [1.29, 1.82) is 0 Å². The first-order valence-corrected chi connectivity index (χ1v) is 8.97. The van der Waals surface area contributed by atoms with Gasteiger partial charge in [-0.3, -0.25) is 14.6 Å². The molecule has 0 saturated carbocycles. The zero-order valence-corrected chi connectivity index (χ0v) is 14.1. The average Bonchev–Trinajstić information content (AvgIpc) is 2.51. The van der Waals surface area contributed by atoms with Gasteiger partial charge >= 0.3 is 5.97 Å². The van der Waals surface area contributed by atoms with Crippen LogP contribution < -0.4 is 14.7 Å². The van der Waals surface area contributed by atoms with Crippen LogP contribution >= 0.6 is 11.8 Å². The lowest BCUT2D eigenvalue weighted by Crippen LogP contribution is -3.25. The van der Waals surface area contributed by atoms with E-state index in [1.54, 1.807) is 6.07 Å². The number of thioether (sulfide) groups is 1. The second-order valence-electron chi connectivity index (χ2n) is 6.54. The van der Waals surface area contributed by atoms with Crippen molar-refractivity contribution in [1.82, 2.24) is 0 Å². The van der Waals surface area contributed by atoms with Gasteiger partial charge in [0.05, 0.1) is 18.7 Å². The molecule has 1 unspecified atom stereocenters. The number of benzene rings is 1. The third-order valence-corrected chi connectivity index (χ3v) is 6.24. The molecule has 126 valence electrons. The van der Waals surface area contributed by atoms with Gasteiger partial charge in [0.2, 0.25) is 5.78 Å². The maximum atomic E-state index is 14.6. The summed E-state index contributed by atoms with van der Waals surface area (Å²) in [6.45, 7) is 3.66. The number of piperazine rings is 1. The van der Waals surface area contributed by atoms with Crippen molar-refractivity contribution < 1.29 is 33.8 Å². The monoisotopic (exact) mass is 352 g/mol. The molecular formula is C16H19FN3O3S+3. The number of hydrogen-bond acceptors (Lipinski definition) is 3. The van der Waals surface area contributed by atoms with Gasteiger partial charge in [-0.25, -0.2) is 9.18 Å². The number of halogens is 1. The minimum Gasteiger partial charge on any atom is -0.477 e. The highest BCUT2D eigenvalue weighted by atomic mass is 32.2. The highest BCUT2D eigenvalue weighted by Crippen LogP contribution is 2.34. The minimum absolute atomic E-state index is 0.187. The molecule has 3 aliphatic rings. The first-order valence-electron chi connectivity index (χ1n) is 7.99. The van der Waals surface area contributed by atoms with E-state index in [-0.39, 0.29) is 11.1 Å². The highest BCUT2D eigenvalue weighted by molar-refractivity contribution is 8.03. The number of likely N-dealkylation sites (N-methyl/N-ethyl adjacent to an activating group) is 1. The number of carboxylic acids is 1. The Morgan fingerprint density at radius 1 is 1.21 bits per heavy atom. The second-order valence-corrected chi connectivity index (χ2v) is 7.53. The first kappa shape index (κ1) is 15.8. The number of aliphatic carboxylic acids is 1. The Labute approximate surface area is 142 Å². The number of rotatable bonds is 2. The molecule has 8 heteroatoms. The average molecular weight is 352 g/mol. The Bertz CT molecular complexity index is 787. The first-order chi connectivity index (χ1) is 11.5. The van der Waals surface area contributed by atoms with Gasteiger partial charge in [0.15, 0.2) is 27.8 Å². The highest BCUT2D eigenvalue weighted by Gasteiger charge is 2.47. The van der Waals surface area contributed by atoms with Crippen LogP contribution in [0.1, 0.15) is 10.4 Å². The van der Waals surface area contributed by atoms with Crippen molar-refractivity contribution in [3.8, 4) is 0 Å². The molecule has 2 saturated heterocycles. The molecule has 0 spiro atoms. The molecule has 0 bridgehead atoms. The summed E-state index contributed by atoms with van der Waals surface area (Å²) in [6, 6.07) is 3.01. The summed E-state index contributed by atoms with van der Waals surface area (Å²) in [5, 5.41) is 9.85. The van der Waals surface area contributed by atoms with E-state index in [1.165, 1.54) is 22.7 Å². The van der Waals surface area contributed by atoms with Crippen molar-refractivity contribution in [2.75, 3.05) is 39.1 Å². The standard InChI is InChI=1S/C16H16FN3O3S/c1-18-2-4-19(5-3-18)12-7-11-9(6-10(12)17)14(21)13(16(22)23)15-20(11)8-24-15/h6-7H,2-5,8H2,1H3,(H,22,23)/p+3. The summed E-state index contributed by atoms with van der Waals surface area (Å²) < 4.78 is 14.6. The number of hydrogen-bond donors (Lipinski definition) is 4. The fourth-order valence-corrected chi connectivity index (χ4v) is 4.62. The minimum atomic E-state index is -1.23. The van der Waals surface area contributed by atoms with E-state index in [0.29, 0.717) is 22.3 Å². The van der Waals surface area contributed by atoms with Crippen LogP contribution in [-0.2, 0) is 4.79 Å². The maximum Gasteiger partial charge on any atom is 0.346 e. The van der Waals surface area contributed by atoms with Crippen LogP contribution in [0, 0.1) is 5.82 Å². The van der Waals surface area contributed by atoms with E-state index in [4.69, 9.17) is 0 Å². The molecule has 0 aromatic heterocycles. The molecule has 1 aromatic rings. The molecule has 2 fully saturated rings. The molecule has 3 heterocycles. The predicted molar refractivity (Wildman–Crippen MR) is 85.5 cm³/mol. The third kappa shape index (κ3) is 2.29. The molecule has 24 heavy (non-hydrogen) atoms. The van der Waals surface area contributed by atoms with E-state index in [1.807, 2.05) is 0 Å². The van der Waals surface area contributed by atoms with E-state index < -0.39 is 17.6 Å². The van der Waals surface area contributed by atoms with Crippen molar-refractivity contribution in [2.45, 2.75) is 0 Å². The fourth-order valence-electron chi connectivity index (χ4n) is 3.60. The third-order valence-electron chi connectivity index (χ3n) is 5.07. The zero-order chi connectivity index (χ0) is 17.0. The van der Waals surface area contributed by atoms with Crippen molar-refractivity contribution >= 4 is 34.9 Å². The Kier molecular flexibility index (Phi) is 3.72. The van der Waals surface area contributed by atoms with E-state index in [2.05, 4.69) is 7.05 Å². The summed E-state index contributed by atoms with van der Waals surface area (Å²) in [6.07, 6.45) is 0. The van der Waals surface area contributed by atoms with Crippen LogP contribution in [0.3, 0.4) is 0 Å².